The number of halogens is 3. The van der Waals surface area contributed by atoms with Crippen LogP contribution in [0, 0.1) is 0 Å². The van der Waals surface area contributed by atoms with Crippen molar-refractivity contribution in [3.63, 3.8) is 0 Å². The molecule has 0 unspecified atom stereocenters. The van der Waals surface area contributed by atoms with Crippen LogP contribution in [-0.2, 0) is 4.79 Å². The second-order valence-corrected chi connectivity index (χ2v) is 4.75. The summed E-state index contributed by atoms with van der Waals surface area (Å²) < 4.78 is 31.7. The first-order valence-electron chi connectivity index (χ1n) is 7.37. The molecule has 2 aromatic rings. The number of allylic oxidation sites excluding steroid dienone is 2. The van der Waals surface area contributed by atoms with Crippen LogP contribution < -0.4 is 5.32 Å². The van der Waals surface area contributed by atoms with Gasteiger partial charge in [-0.1, -0.05) is 72.8 Å². The molecule has 3 nitrogen and oxygen atoms in total. The average Bonchev–Trinajstić information content (AvgIpc) is 2.59. The first-order valence-corrected chi connectivity index (χ1v) is 7.37. The number of carboxylic acid groups (broad SMARTS) is 1. The maximum Gasteiger partial charge on any atom is 0.490 e. The van der Waals surface area contributed by atoms with Gasteiger partial charge in [0, 0.05) is 12.2 Å². The standard InChI is InChI=1S/C17H17N.C2HF3O2/c1-4-10-16(11-5-1)12-6-3-9-15-18-17-13-7-2-8-14-17;3-2(4,5)1(6)7/h1-14,18H,15H2;(H,6,7)/b9-3?,12-6+;. The highest BCUT2D eigenvalue weighted by Crippen LogP contribution is 2.13. The number of rotatable bonds is 5. The largest absolute Gasteiger partial charge is 0.490 e. The lowest BCUT2D eigenvalue weighted by molar-refractivity contribution is -0.192. The Morgan fingerprint density at radius 1 is 0.960 bits per heavy atom. The number of alkyl halides is 3. The number of anilines is 1. The summed E-state index contributed by atoms with van der Waals surface area (Å²) in [4.78, 5) is 8.90. The fraction of sp³-hybridized carbons (Fsp3) is 0.105. The molecule has 0 amide bonds. The van der Waals surface area contributed by atoms with E-state index < -0.39 is 12.1 Å². The van der Waals surface area contributed by atoms with E-state index in [4.69, 9.17) is 9.90 Å². The molecule has 0 saturated heterocycles. The fourth-order valence-corrected chi connectivity index (χ4v) is 1.61. The Hall–Kier alpha value is -3.02. The van der Waals surface area contributed by atoms with Gasteiger partial charge in [-0.15, -0.1) is 0 Å². The smallest absolute Gasteiger partial charge is 0.475 e. The molecule has 0 fully saturated rings. The number of hydrogen-bond acceptors (Lipinski definition) is 2. The summed E-state index contributed by atoms with van der Waals surface area (Å²) in [6.07, 6.45) is 3.23. The third-order valence-corrected chi connectivity index (χ3v) is 2.78. The SMILES string of the molecule is C(=CCNc1ccccc1)/C=C/c1ccccc1.O=C(O)C(F)(F)F. The zero-order valence-corrected chi connectivity index (χ0v) is 13.3. The fourth-order valence-electron chi connectivity index (χ4n) is 1.61. The normalized spacial score (nSPS) is 11.2. The van der Waals surface area contributed by atoms with Crippen molar-refractivity contribution >= 4 is 17.7 Å². The van der Waals surface area contributed by atoms with Crippen molar-refractivity contribution in [3.8, 4) is 0 Å². The molecule has 0 radical (unpaired) electrons. The molecule has 0 aliphatic rings. The van der Waals surface area contributed by atoms with Gasteiger partial charge >= 0.3 is 12.1 Å². The minimum atomic E-state index is -5.08. The van der Waals surface area contributed by atoms with Crippen molar-refractivity contribution in [3.05, 3.63) is 84.5 Å². The molecule has 0 aromatic heterocycles. The number of carbonyl (C=O) groups is 1. The van der Waals surface area contributed by atoms with Crippen LogP contribution >= 0.6 is 0 Å². The van der Waals surface area contributed by atoms with Crippen LogP contribution in [0.1, 0.15) is 5.56 Å². The third kappa shape index (κ3) is 9.65. The highest BCUT2D eigenvalue weighted by molar-refractivity contribution is 5.73. The molecule has 0 bridgehead atoms. The van der Waals surface area contributed by atoms with Crippen LogP contribution in [0.5, 0.6) is 0 Å². The van der Waals surface area contributed by atoms with E-state index in [9.17, 15) is 13.2 Å². The maximum atomic E-state index is 10.6. The van der Waals surface area contributed by atoms with E-state index in [2.05, 4.69) is 53.9 Å². The quantitative estimate of drug-likeness (QED) is 0.747. The van der Waals surface area contributed by atoms with E-state index in [1.54, 1.807) is 0 Å². The molecule has 132 valence electrons. The van der Waals surface area contributed by atoms with Crippen molar-refractivity contribution in [2.45, 2.75) is 6.18 Å². The third-order valence-electron chi connectivity index (χ3n) is 2.78. The molecule has 0 atom stereocenters. The van der Waals surface area contributed by atoms with Crippen LogP contribution in [0.25, 0.3) is 6.08 Å². The number of hydrogen-bond donors (Lipinski definition) is 2. The lowest BCUT2D eigenvalue weighted by Crippen LogP contribution is -2.21. The topological polar surface area (TPSA) is 49.3 Å². The predicted octanol–water partition coefficient (Wildman–Crippen LogP) is 5.00. The number of para-hydroxylation sites is 1. The zero-order valence-electron chi connectivity index (χ0n) is 13.3. The average molecular weight is 349 g/mol. The van der Waals surface area contributed by atoms with Crippen LogP contribution in [0.2, 0.25) is 0 Å². The van der Waals surface area contributed by atoms with Gasteiger partial charge in [0.25, 0.3) is 0 Å². The molecular weight excluding hydrogens is 331 g/mol. The Labute approximate surface area is 144 Å². The van der Waals surface area contributed by atoms with Crippen LogP contribution in [-0.4, -0.2) is 23.8 Å². The summed E-state index contributed by atoms with van der Waals surface area (Å²) >= 11 is 0. The molecule has 25 heavy (non-hydrogen) atoms. The molecule has 0 saturated carbocycles. The lowest BCUT2D eigenvalue weighted by atomic mass is 10.2. The Morgan fingerprint density at radius 2 is 1.48 bits per heavy atom. The van der Waals surface area contributed by atoms with Gasteiger partial charge < -0.3 is 10.4 Å². The van der Waals surface area contributed by atoms with Gasteiger partial charge in [-0.3, -0.25) is 0 Å². The van der Waals surface area contributed by atoms with E-state index >= 15 is 0 Å². The summed E-state index contributed by atoms with van der Waals surface area (Å²) in [6.45, 7) is 0.836. The molecule has 0 aliphatic heterocycles. The van der Waals surface area contributed by atoms with E-state index in [1.165, 1.54) is 5.56 Å². The first kappa shape index (κ1) is 20.0. The van der Waals surface area contributed by atoms with Crippen molar-refractivity contribution in [1.82, 2.24) is 0 Å². The zero-order chi connectivity index (χ0) is 18.5. The summed E-state index contributed by atoms with van der Waals surface area (Å²) in [5.41, 5.74) is 2.37. The molecule has 0 aliphatic carbocycles. The van der Waals surface area contributed by atoms with Crippen molar-refractivity contribution in [2.24, 2.45) is 0 Å². The number of benzene rings is 2. The molecule has 6 heteroatoms. The first-order chi connectivity index (χ1) is 11.9. The highest BCUT2D eigenvalue weighted by atomic mass is 19.4. The van der Waals surface area contributed by atoms with Gasteiger partial charge in [0.05, 0.1) is 0 Å². The van der Waals surface area contributed by atoms with E-state index in [0.717, 1.165) is 12.2 Å². The molecule has 2 aromatic carbocycles. The number of nitrogens with one attached hydrogen (secondary N) is 1. The van der Waals surface area contributed by atoms with Gasteiger partial charge in [-0.2, -0.15) is 13.2 Å². The van der Waals surface area contributed by atoms with Gasteiger partial charge in [-0.25, -0.2) is 4.79 Å². The second-order valence-electron chi connectivity index (χ2n) is 4.75. The van der Waals surface area contributed by atoms with Crippen molar-refractivity contribution in [2.75, 3.05) is 11.9 Å². The minimum Gasteiger partial charge on any atom is -0.475 e. The van der Waals surface area contributed by atoms with Gasteiger partial charge in [0.2, 0.25) is 0 Å². The minimum absolute atomic E-state index is 0.836. The predicted molar refractivity (Wildman–Crippen MR) is 93.2 cm³/mol. The molecular formula is C19H18F3NO2. The molecule has 0 heterocycles. The van der Waals surface area contributed by atoms with Crippen LogP contribution in [0.3, 0.4) is 0 Å². The monoisotopic (exact) mass is 349 g/mol. The summed E-state index contributed by atoms with van der Waals surface area (Å²) in [5, 5.41) is 10.4. The highest BCUT2D eigenvalue weighted by Gasteiger charge is 2.38. The van der Waals surface area contributed by atoms with Gasteiger partial charge in [0.1, 0.15) is 0 Å². The van der Waals surface area contributed by atoms with Crippen LogP contribution in [0.15, 0.2) is 78.9 Å². The number of aliphatic carboxylic acids is 1. The summed E-state index contributed by atoms with van der Waals surface area (Å²) in [6, 6.07) is 20.5. The maximum absolute atomic E-state index is 10.6. The molecule has 2 N–H and O–H groups in total. The summed E-state index contributed by atoms with van der Waals surface area (Å²) in [5.74, 6) is -2.76. The van der Waals surface area contributed by atoms with E-state index in [-0.39, 0.29) is 0 Å². The molecule has 0 spiro atoms. The second kappa shape index (κ2) is 10.7. The van der Waals surface area contributed by atoms with E-state index in [0.29, 0.717) is 0 Å². The number of carboxylic acids is 1. The Bertz CT molecular complexity index is 681. The Balaban J connectivity index is 0.000000381. The van der Waals surface area contributed by atoms with E-state index in [1.807, 2.05) is 36.4 Å². The van der Waals surface area contributed by atoms with Gasteiger partial charge in [0.15, 0.2) is 0 Å². The van der Waals surface area contributed by atoms with Gasteiger partial charge in [-0.05, 0) is 17.7 Å². The Kier molecular flexibility index (Phi) is 8.57. The molecule has 2 rings (SSSR count). The van der Waals surface area contributed by atoms with Crippen LogP contribution in [0.4, 0.5) is 18.9 Å². The van der Waals surface area contributed by atoms with Crippen molar-refractivity contribution in [1.29, 1.82) is 0 Å². The summed E-state index contributed by atoms with van der Waals surface area (Å²) in [7, 11) is 0. The van der Waals surface area contributed by atoms with Crippen molar-refractivity contribution < 1.29 is 23.1 Å². The lowest BCUT2D eigenvalue weighted by Gasteiger charge is -2.00. The Morgan fingerprint density at radius 3 is 2.00 bits per heavy atom.